The lowest BCUT2D eigenvalue weighted by Gasteiger charge is -2.23. The molecule has 2 aliphatic rings. The summed E-state index contributed by atoms with van der Waals surface area (Å²) in [6.07, 6.45) is 3.12. The molecular weight excluding hydrogens is 288 g/mol. The first kappa shape index (κ1) is 14.7. The highest BCUT2D eigenvalue weighted by Crippen LogP contribution is 2.35. The number of nitrogens with one attached hydrogen (secondary N) is 1. The lowest BCUT2D eigenvalue weighted by Crippen LogP contribution is -2.37. The van der Waals surface area contributed by atoms with Crippen molar-refractivity contribution in [3.63, 3.8) is 0 Å². The molecule has 5 nitrogen and oxygen atoms in total. The molecule has 0 amide bonds. The zero-order valence-electron chi connectivity index (χ0n) is 14.1. The second-order valence-electron chi connectivity index (χ2n) is 7.35. The fraction of sp³-hybridized carbons (Fsp3) is 0.556. The number of rotatable bonds is 3. The largest absolute Gasteiger partial charge is 0.487 e. The van der Waals surface area contributed by atoms with E-state index < -0.39 is 0 Å². The van der Waals surface area contributed by atoms with Gasteiger partial charge in [-0.2, -0.15) is 5.10 Å². The van der Waals surface area contributed by atoms with Crippen LogP contribution in [0.5, 0.6) is 5.75 Å². The Morgan fingerprint density at radius 3 is 3.13 bits per heavy atom. The van der Waals surface area contributed by atoms with E-state index in [9.17, 15) is 0 Å². The summed E-state index contributed by atoms with van der Waals surface area (Å²) in [6, 6.07) is 7.02. The molecule has 0 saturated carbocycles. The maximum Gasteiger partial charge on any atom is 0.147 e. The van der Waals surface area contributed by atoms with Crippen molar-refractivity contribution in [3.05, 3.63) is 41.0 Å². The molecule has 0 spiro atoms. The SMILES string of the molecule is Cc1nc2n(n1)C[C@H](NCc1ccc3c(c1)CC(C)(C)O3)CC2. The molecule has 0 fully saturated rings. The third-order valence-electron chi connectivity index (χ3n) is 4.69. The Kier molecular flexibility index (Phi) is 3.41. The number of nitrogens with zero attached hydrogens (tertiary/aromatic N) is 3. The van der Waals surface area contributed by atoms with E-state index in [0.717, 1.165) is 49.8 Å². The molecule has 1 atom stereocenters. The number of benzene rings is 1. The summed E-state index contributed by atoms with van der Waals surface area (Å²) in [5.74, 6) is 3.04. The minimum Gasteiger partial charge on any atom is -0.487 e. The molecule has 1 aromatic carbocycles. The first-order valence-electron chi connectivity index (χ1n) is 8.43. The van der Waals surface area contributed by atoms with Crippen LogP contribution in [0, 0.1) is 6.92 Å². The summed E-state index contributed by atoms with van der Waals surface area (Å²) in [7, 11) is 0. The Balaban J connectivity index is 1.39. The Labute approximate surface area is 137 Å². The van der Waals surface area contributed by atoms with Crippen LogP contribution in [0.4, 0.5) is 0 Å². The summed E-state index contributed by atoms with van der Waals surface area (Å²) in [5.41, 5.74) is 2.58. The van der Waals surface area contributed by atoms with E-state index in [1.54, 1.807) is 0 Å². The molecule has 4 rings (SSSR count). The molecule has 2 aromatic rings. The van der Waals surface area contributed by atoms with Crippen LogP contribution in [0.3, 0.4) is 0 Å². The monoisotopic (exact) mass is 312 g/mol. The van der Waals surface area contributed by atoms with E-state index in [-0.39, 0.29) is 5.60 Å². The van der Waals surface area contributed by atoms with Crippen molar-refractivity contribution >= 4 is 0 Å². The van der Waals surface area contributed by atoms with Gasteiger partial charge in [-0.1, -0.05) is 12.1 Å². The van der Waals surface area contributed by atoms with E-state index in [0.29, 0.717) is 6.04 Å². The standard InChI is InChI=1S/C18H24N4O/c1-12-20-17-7-5-15(11-22(17)21-12)19-10-13-4-6-16-14(8-13)9-18(2,3)23-16/h4,6,8,15,19H,5,7,9-11H2,1-3H3/t15-/m1/s1. The van der Waals surface area contributed by atoms with Gasteiger partial charge in [0.25, 0.3) is 0 Å². The van der Waals surface area contributed by atoms with Crippen molar-refractivity contribution in [2.45, 2.75) is 64.8 Å². The normalized spacial score (nSPS) is 21.6. The smallest absolute Gasteiger partial charge is 0.147 e. The molecule has 0 unspecified atom stereocenters. The van der Waals surface area contributed by atoms with Crippen LogP contribution in [0.25, 0.3) is 0 Å². The van der Waals surface area contributed by atoms with Gasteiger partial charge in [0, 0.05) is 25.4 Å². The van der Waals surface area contributed by atoms with Gasteiger partial charge < -0.3 is 10.1 Å². The predicted molar refractivity (Wildman–Crippen MR) is 88.6 cm³/mol. The van der Waals surface area contributed by atoms with Crippen LogP contribution in [-0.4, -0.2) is 26.4 Å². The van der Waals surface area contributed by atoms with Crippen LogP contribution in [0.2, 0.25) is 0 Å². The van der Waals surface area contributed by atoms with Crippen LogP contribution in [0.15, 0.2) is 18.2 Å². The molecule has 0 aliphatic carbocycles. The third-order valence-corrected chi connectivity index (χ3v) is 4.69. The highest BCUT2D eigenvalue weighted by molar-refractivity contribution is 5.41. The molecule has 1 N–H and O–H groups in total. The molecule has 122 valence electrons. The molecular formula is C18H24N4O. The lowest BCUT2D eigenvalue weighted by atomic mass is 10.00. The highest BCUT2D eigenvalue weighted by atomic mass is 16.5. The molecule has 0 saturated heterocycles. The summed E-state index contributed by atoms with van der Waals surface area (Å²) in [4.78, 5) is 4.47. The Morgan fingerprint density at radius 2 is 2.26 bits per heavy atom. The van der Waals surface area contributed by atoms with Gasteiger partial charge in [0.2, 0.25) is 0 Å². The van der Waals surface area contributed by atoms with E-state index in [1.807, 2.05) is 6.92 Å². The zero-order chi connectivity index (χ0) is 16.0. The van der Waals surface area contributed by atoms with Crippen LogP contribution in [0.1, 0.15) is 43.0 Å². The van der Waals surface area contributed by atoms with E-state index in [4.69, 9.17) is 4.74 Å². The third kappa shape index (κ3) is 2.98. The number of hydrogen-bond donors (Lipinski definition) is 1. The predicted octanol–water partition coefficient (Wildman–Crippen LogP) is 2.40. The average Bonchev–Trinajstić information content (AvgIpc) is 3.00. The molecule has 3 heterocycles. The Hall–Kier alpha value is -1.88. The van der Waals surface area contributed by atoms with Gasteiger partial charge in [0.05, 0.1) is 6.54 Å². The van der Waals surface area contributed by atoms with Gasteiger partial charge in [-0.3, -0.25) is 0 Å². The van der Waals surface area contributed by atoms with Gasteiger partial charge in [-0.15, -0.1) is 0 Å². The second-order valence-corrected chi connectivity index (χ2v) is 7.35. The summed E-state index contributed by atoms with van der Waals surface area (Å²) < 4.78 is 8.00. The molecule has 0 radical (unpaired) electrons. The number of hydrogen-bond acceptors (Lipinski definition) is 4. The minimum absolute atomic E-state index is 0.0703. The maximum absolute atomic E-state index is 5.95. The summed E-state index contributed by atoms with van der Waals surface area (Å²) in [6.45, 7) is 8.05. The first-order valence-corrected chi connectivity index (χ1v) is 8.43. The maximum atomic E-state index is 5.95. The van der Waals surface area contributed by atoms with Crippen molar-refractivity contribution < 1.29 is 4.74 Å². The van der Waals surface area contributed by atoms with Crippen LogP contribution < -0.4 is 10.1 Å². The Morgan fingerprint density at radius 1 is 1.39 bits per heavy atom. The molecule has 1 aromatic heterocycles. The van der Waals surface area contributed by atoms with Crippen molar-refractivity contribution in [2.24, 2.45) is 0 Å². The van der Waals surface area contributed by atoms with Gasteiger partial charge >= 0.3 is 0 Å². The highest BCUT2D eigenvalue weighted by Gasteiger charge is 2.30. The molecule has 5 heteroatoms. The van der Waals surface area contributed by atoms with Crippen LogP contribution >= 0.6 is 0 Å². The zero-order valence-corrected chi connectivity index (χ0v) is 14.1. The Bertz CT molecular complexity index is 735. The minimum atomic E-state index is -0.0703. The van der Waals surface area contributed by atoms with E-state index in [2.05, 4.69) is 52.1 Å². The topological polar surface area (TPSA) is 52.0 Å². The van der Waals surface area contributed by atoms with Crippen LogP contribution in [-0.2, 0) is 25.9 Å². The fourth-order valence-corrected chi connectivity index (χ4v) is 3.64. The summed E-state index contributed by atoms with van der Waals surface area (Å²) in [5, 5.41) is 8.14. The quantitative estimate of drug-likeness (QED) is 0.945. The first-order chi connectivity index (χ1) is 11.0. The number of fused-ring (bicyclic) bond motifs is 2. The number of aryl methyl sites for hydroxylation is 2. The van der Waals surface area contributed by atoms with Gasteiger partial charge in [-0.25, -0.2) is 9.67 Å². The van der Waals surface area contributed by atoms with E-state index >= 15 is 0 Å². The second kappa shape index (κ2) is 5.34. The summed E-state index contributed by atoms with van der Waals surface area (Å²) >= 11 is 0. The van der Waals surface area contributed by atoms with Gasteiger partial charge in [-0.05, 0) is 44.4 Å². The van der Waals surface area contributed by atoms with Crippen molar-refractivity contribution in [1.29, 1.82) is 0 Å². The average molecular weight is 312 g/mol. The number of ether oxygens (including phenoxy) is 1. The number of aromatic nitrogens is 3. The molecule has 2 aliphatic heterocycles. The van der Waals surface area contributed by atoms with Crippen molar-refractivity contribution in [3.8, 4) is 5.75 Å². The fourth-order valence-electron chi connectivity index (χ4n) is 3.64. The molecule has 23 heavy (non-hydrogen) atoms. The van der Waals surface area contributed by atoms with Gasteiger partial charge in [0.15, 0.2) is 0 Å². The van der Waals surface area contributed by atoms with Crippen molar-refractivity contribution in [1.82, 2.24) is 20.1 Å². The van der Waals surface area contributed by atoms with E-state index in [1.165, 1.54) is 11.1 Å². The van der Waals surface area contributed by atoms with Crippen molar-refractivity contribution in [2.75, 3.05) is 0 Å². The lowest BCUT2D eigenvalue weighted by molar-refractivity contribution is 0.138. The van der Waals surface area contributed by atoms with Gasteiger partial charge in [0.1, 0.15) is 23.0 Å². The molecule has 0 bridgehead atoms.